The highest BCUT2D eigenvalue weighted by Crippen LogP contribution is 2.29. The molecule has 0 fully saturated rings. The molecule has 2 aromatic carbocycles. The third kappa shape index (κ3) is 3.37. The second-order valence-electron chi connectivity index (χ2n) is 4.44. The third-order valence-corrected chi connectivity index (χ3v) is 4.20. The van der Waals surface area contributed by atoms with Gasteiger partial charge in [-0.15, -0.1) is 0 Å². The predicted molar refractivity (Wildman–Crippen MR) is 81.0 cm³/mol. The SMILES string of the molecule is CNC(Cc1ccc(Cl)cc1)c1ccc(F)c(F)c1Br. The zero-order valence-electron chi connectivity index (χ0n) is 10.8. The number of hydrogen-bond donors (Lipinski definition) is 1. The summed E-state index contributed by atoms with van der Waals surface area (Å²) in [6, 6.07) is 10.1. The average molecular weight is 361 g/mol. The van der Waals surface area contributed by atoms with Gasteiger partial charge in [0.1, 0.15) is 0 Å². The summed E-state index contributed by atoms with van der Waals surface area (Å²) in [6.45, 7) is 0. The maximum Gasteiger partial charge on any atom is 0.173 e. The van der Waals surface area contributed by atoms with Crippen LogP contribution in [0.1, 0.15) is 17.2 Å². The molecule has 1 atom stereocenters. The van der Waals surface area contributed by atoms with Crippen LogP contribution < -0.4 is 5.32 Å². The summed E-state index contributed by atoms with van der Waals surface area (Å²) in [5.41, 5.74) is 1.74. The summed E-state index contributed by atoms with van der Waals surface area (Å²) in [7, 11) is 1.79. The largest absolute Gasteiger partial charge is 0.313 e. The van der Waals surface area contributed by atoms with Gasteiger partial charge < -0.3 is 5.32 Å². The molecule has 1 nitrogen and oxygen atoms in total. The van der Waals surface area contributed by atoms with Gasteiger partial charge in [0.25, 0.3) is 0 Å². The maximum atomic E-state index is 13.6. The second kappa shape index (κ2) is 6.66. The predicted octanol–water partition coefficient (Wildman–Crippen LogP) is 4.88. The highest BCUT2D eigenvalue weighted by molar-refractivity contribution is 9.10. The molecule has 0 saturated heterocycles. The molecule has 0 bridgehead atoms. The van der Waals surface area contributed by atoms with Crippen molar-refractivity contribution in [2.75, 3.05) is 7.05 Å². The standard InChI is InChI=1S/C15H13BrClF2N/c1-20-13(8-9-2-4-10(17)5-3-9)11-6-7-12(18)15(19)14(11)16/h2-7,13,20H,8H2,1H3. The van der Waals surface area contributed by atoms with Crippen LogP contribution in [0.5, 0.6) is 0 Å². The quantitative estimate of drug-likeness (QED) is 0.766. The molecule has 2 aromatic rings. The summed E-state index contributed by atoms with van der Waals surface area (Å²) in [5, 5.41) is 3.79. The number of rotatable bonds is 4. The Morgan fingerprint density at radius 2 is 1.80 bits per heavy atom. The molecule has 0 aromatic heterocycles. The van der Waals surface area contributed by atoms with Crippen LogP contribution in [-0.2, 0) is 6.42 Å². The fourth-order valence-electron chi connectivity index (χ4n) is 2.03. The van der Waals surface area contributed by atoms with Gasteiger partial charge in [-0.05, 0) is 58.7 Å². The lowest BCUT2D eigenvalue weighted by molar-refractivity contribution is 0.495. The van der Waals surface area contributed by atoms with Crippen LogP contribution in [0.4, 0.5) is 8.78 Å². The Morgan fingerprint density at radius 3 is 2.40 bits per heavy atom. The third-order valence-electron chi connectivity index (χ3n) is 3.14. The minimum absolute atomic E-state index is 0.124. The van der Waals surface area contributed by atoms with Gasteiger partial charge in [-0.25, -0.2) is 8.78 Å². The Balaban J connectivity index is 2.29. The fourth-order valence-corrected chi connectivity index (χ4v) is 2.76. The van der Waals surface area contributed by atoms with Crippen LogP contribution in [0.25, 0.3) is 0 Å². The molecular weight excluding hydrogens is 348 g/mol. The molecule has 2 rings (SSSR count). The van der Waals surface area contributed by atoms with E-state index in [1.165, 1.54) is 0 Å². The molecular formula is C15H13BrClF2N. The van der Waals surface area contributed by atoms with Crippen LogP contribution in [0.15, 0.2) is 40.9 Å². The molecule has 1 N–H and O–H groups in total. The van der Waals surface area contributed by atoms with Crippen LogP contribution in [0, 0.1) is 11.6 Å². The number of benzene rings is 2. The van der Waals surface area contributed by atoms with Crippen LogP contribution in [0.3, 0.4) is 0 Å². The van der Waals surface area contributed by atoms with Crippen molar-refractivity contribution in [3.05, 3.63) is 68.7 Å². The fraction of sp³-hybridized carbons (Fsp3) is 0.200. The molecule has 1 unspecified atom stereocenters. The molecule has 5 heteroatoms. The summed E-state index contributed by atoms with van der Waals surface area (Å²) in [6.07, 6.45) is 0.650. The van der Waals surface area contributed by atoms with Crippen molar-refractivity contribution < 1.29 is 8.78 Å². The molecule has 0 radical (unpaired) electrons. The lowest BCUT2D eigenvalue weighted by Crippen LogP contribution is -2.19. The van der Waals surface area contributed by atoms with E-state index >= 15 is 0 Å². The first-order chi connectivity index (χ1) is 9.52. The zero-order valence-corrected chi connectivity index (χ0v) is 13.1. The van der Waals surface area contributed by atoms with E-state index in [4.69, 9.17) is 11.6 Å². The van der Waals surface area contributed by atoms with Crippen molar-refractivity contribution in [2.24, 2.45) is 0 Å². The summed E-state index contributed by atoms with van der Waals surface area (Å²) in [5.74, 6) is -1.72. The van der Waals surface area contributed by atoms with Gasteiger partial charge in [0.05, 0.1) is 4.47 Å². The smallest absolute Gasteiger partial charge is 0.173 e. The Morgan fingerprint density at radius 1 is 1.15 bits per heavy atom. The van der Waals surface area contributed by atoms with Crippen LogP contribution in [0.2, 0.25) is 5.02 Å². The summed E-state index contributed by atoms with van der Waals surface area (Å²) in [4.78, 5) is 0. The first kappa shape index (κ1) is 15.4. The second-order valence-corrected chi connectivity index (χ2v) is 5.67. The molecule has 0 heterocycles. The van der Waals surface area contributed by atoms with E-state index in [0.717, 1.165) is 11.6 Å². The van der Waals surface area contributed by atoms with Crippen LogP contribution >= 0.6 is 27.5 Å². The first-order valence-electron chi connectivity index (χ1n) is 6.08. The first-order valence-corrected chi connectivity index (χ1v) is 7.25. The molecule has 0 aliphatic rings. The van der Waals surface area contributed by atoms with E-state index in [0.29, 0.717) is 17.0 Å². The Kier molecular flexibility index (Phi) is 5.13. The minimum atomic E-state index is -0.862. The van der Waals surface area contributed by atoms with Crippen molar-refractivity contribution in [2.45, 2.75) is 12.5 Å². The number of nitrogens with one attached hydrogen (secondary N) is 1. The van der Waals surface area contributed by atoms with Crippen molar-refractivity contribution in [1.82, 2.24) is 5.32 Å². The molecule has 0 amide bonds. The van der Waals surface area contributed by atoms with Gasteiger partial charge in [-0.1, -0.05) is 29.8 Å². The van der Waals surface area contributed by atoms with Gasteiger partial charge in [0.2, 0.25) is 0 Å². The Labute approximate surface area is 130 Å². The van der Waals surface area contributed by atoms with E-state index in [-0.39, 0.29) is 10.5 Å². The van der Waals surface area contributed by atoms with Gasteiger partial charge in [-0.3, -0.25) is 0 Å². The van der Waals surface area contributed by atoms with E-state index in [1.807, 2.05) is 24.3 Å². The van der Waals surface area contributed by atoms with E-state index in [9.17, 15) is 8.78 Å². The van der Waals surface area contributed by atoms with Crippen molar-refractivity contribution >= 4 is 27.5 Å². The molecule has 106 valence electrons. The van der Waals surface area contributed by atoms with E-state index < -0.39 is 11.6 Å². The van der Waals surface area contributed by atoms with Crippen molar-refractivity contribution in [3.8, 4) is 0 Å². The summed E-state index contributed by atoms with van der Waals surface area (Å²) < 4.78 is 26.9. The zero-order chi connectivity index (χ0) is 14.7. The minimum Gasteiger partial charge on any atom is -0.313 e. The summed E-state index contributed by atoms with van der Waals surface area (Å²) >= 11 is 8.97. The number of halogens is 4. The number of hydrogen-bond acceptors (Lipinski definition) is 1. The topological polar surface area (TPSA) is 12.0 Å². The van der Waals surface area contributed by atoms with Gasteiger partial charge in [0.15, 0.2) is 11.6 Å². The lowest BCUT2D eigenvalue weighted by Gasteiger charge is -2.19. The van der Waals surface area contributed by atoms with Crippen LogP contribution in [-0.4, -0.2) is 7.05 Å². The van der Waals surface area contributed by atoms with Gasteiger partial charge in [-0.2, -0.15) is 0 Å². The normalized spacial score (nSPS) is 12.4. The number of likely N-dealkylation sites (N-methyl/N-ethyl adjacent to an activating group) is 1. The van der Waals surface area contributed by atoms with Crippen molar-refractivity contribution in [3.63, 3.8) is 0 Å². The van der Waals surface area contributed by atoms with E-state index in [2.05, 4.69) is 21.2 Å². The van der Waals surface area contributed by atoms with E-state index in [1.54, 1.807) is 13.1 Å². The highest BCUT2D eigenvalue weighted by Gasteiger charge is 2.18. The Bertz CT molecular complexity index is 602. The molecule has 0 saturated carbocycles. The maximum absolute atomic E-state index is 13.6. The van der Waals surface area contributed by atoms with Crippen molar-refractivity contribution in [1.29, 1.82) is 0 Å². The molecule has 0 aliphatic heterocycles. The molecule has 0 spiro atoms. The highest BCUT2D eigenvalue weighted by atomic mass is 79.9. The Hall–Kier alpha value is -0.970. The average Bonchev–Trinajstić information content (AvgIpc) is 2.45. The molecule has 20 heavy (non-hydrogen) atoms. The molecule has 0 aliphatic carbocycles. The van der Waals surface area contributed by atoms with Gasteiger partial charge >= 0.3 is 0 Å². The monoisotopic (exact) mass is 359 g/mol. The lowest BCUT2D eigenvalue weighted by atomic mass is 9.99. The van der Waals surface area contributed by atoms with Gasteiger partial charge in [0, 0.05) is 11.1 Å².